The molecule has 2 saturated heterocycles. The van der Waals surface area contributed by atoms with Crippen LogP contribution in [0.15, 0.2) is 12.7 Å². The topological polar surface area (TPSA) is 125 Å². The SMILES string of the molecule is C=CC1CC1(NC(=O)C1CC2(CN1C(=O)OC(C)(C)C)C(C)(C)C21CCC1)C(=O)NS(=O)(=O)N1CCCC1. The van der Waals surface area contributed by atoms with E-state index in [9.17, 15) is 22.8 Å². The lowest BCUT2D eigenvalue weighted by molar-refractivity contribution is -0.131. The summed E-state index contributed by atoms with van der Waals surface area (Å²) >= 11 is 0. The van der Waals surface area contributed by atoms with E-state index in [2.05, 4.69) is 30.5 Å². The van der Waals surface area contributed by atoms with Crippen LogP contribution in [0, 0.1) is 22.2 Å². The van der Waals surface area contributed by atoms with Crippen LogP contribution in [-0.4, -0.2) is 72.3 Å². The minimum Gasteiger partial charge on any atom is -0.444 e. The van der Waals surface area contributed by atoms with Crippen molar-refractivity contribution in [1.29, 1.82) is 0 Å². The summed E-state index contributed by atoms with van der Waals surface area (Å²) < 4.78 is 34.7. The summed E-state index contributed by atoms with van der Waals surface area (Å²) in [5.74, 6) is -1.62. The molecule has 212 valence electrons. The van der Waals surface area contributed by atoms with E-state index in [1.54, 1.807) is 26.8 Å². The minimum atomic E-state index is -4.00. The molecule has 3 saturated carbocycles. The quantitative estimate of drug-likeness (QED) is 0.490. The van der Waals surface area contributed by atoms with Crippen LogP contribution < -0.4 is 10.0 Å². The van der Waals surface area contributed by atoms with Crippen molar-refractivity contribution in [3.8, 4) is 0 Å². The van der Waals surface area contributed by atoms with Gasteiger partial charge in [-0.15, -0.1) is 6.58 Å². The minimum absolute atomic E-state index is 0.0182. The van der Waals surface area contributed by atoms with Crippen molar-refractivity contribution in [2.75, 3.05) is 19.6 Å². The molecule has 4 unspecified atom stereocenters. The Morgan fingerprint density at radius 2 is 1.66 bits per heavy atom. The van der Waals surface area contributed by atoms with Crippen LogP contribution in [0.25, 0.3) is 0 Å². The van der Waals surface area contributed by atoms with Gasteiger partial charge in [-0.05, 0) is 70.1 Å². The molecule has 0 bridgehead atoms. The van der Waals surface area contributed by atoms with Crippen LogP contribution in [0.3, 0.4) is 0 Å². The van der Waals surface area contributed by atoms with Crippen molar-refractivity contribution >= 4 is 28.1 Å². The van der Waals surface area contributed by atoms with Gasteiger partial charge in [0.1, 0.15) is 17.2 Å². The molecule has 10 nitrogen and oxygen atoms in total. The Kier molecular flexibility index (Phi) is 6.08. The average molecular weight is 551 g/mol. The Labute approximate surface area is 226 Å². The van der Waals surface area contributed by atoms with Crippen molar-refractivity contribution in [3.63, 3.8) is 0 Å². The fourth-order valence-corrected chi connectivity index (χ4v) is 9.17. The van der Waals surface area contributed by atoms with Gasteiger partial charge in [-0.1, -0.05) is 26.3 Å². The summed E-state index contributed by atoms with van der Waals surface area (Å²) in [6.45, 7) is 14.8. The number of ether oxygens (including phenoxy) is 1. The van der Waals surface area contributed by atoms with Gasteiger partial charge in [-0.3, -0.25) is 14.5 Å². The van der Waals surface area contributed by atoms with E-state index in [0.29, 0.717) is 26.1 Å². The summed E-state index contributed by atoms with van der Waals surface area (Å²) in [6, 6.07) is -0.810. The lowest BCUT2D eigenvalue weighted by Crippen LogP contribution is -2.57. The predicted molar refractivity (Wildman–Crippen MR) is 141 cm³/mol. The van der Waals surface area contributed by atoms with Gasteiger partial charge in [0.2, 0.25) is 5.91 Å². The monoisotopic (exact) mass is 550 g/mol. The second-order valence-electron chi connectivity index (χ2n) is 13.5. The molecule has 11 heteroatoms. The van der Waals surface area contributed by atoms with E-state index >= 15 is 0 Å². The van der Waals surface area contributed by atoms with Crippen LogP contribution in [-0.2, 0) is 24.5 Å². The third kappa shape index (κ3) is 3.82. The van der Waals surface area contributed by atoms with Crippen molar-refractivity contribution < 1.29 is 27.5 Å². The van der Waals surface area contributed by atoms with Gasteiger partial charge in [0.15, 0.2) is 0 Å². The van der Waals surface area contributed by atoms with Gasteiger partial charge < -0.3 is 10.1 Å². The number of amides is 3. The Hall–Kier alpha value is -2.14. The number of fused-ring (bicyclic) bond motifs is 1. The standard InChI is InChI=1S/C27H42N4O6S/c1-7-18-15-27(18,21(33)29-38(35,36)30-13-8-9-14-30)28-20(32)19-16-26(24(5,6)25(26)11-10-12-25)17-31(19)22(34)37-23(2,3)4/h7,18-19H,1,8-17H2,2-6H3,(H,28,32)(H,29,33). The van der Waals surface area contributed by atoms with Crippen LogP contribution in [0.5, 0.6) is 0 Å². The Morgan fingerprint density at radius 3 is 2.13 bits per heavy atom. The Balaban J connectivity index is 1.38. The molecule has 2 heterocycles. The van der Waals surface area contributed by atoms with Gasteiger partial charge in [-0.25, -0.2) is 9.52 Å². The first kappa shape index (κ1) is 27.4. The third-order valence-electron chi connectivity index (χ3n) is 10.4. The molecule has 5 rings (SSSR count). The molecule has 5 aliphatic rings. The van der Waals surface area contributed by atoms with Crippen molar-refractivity contribution in [2.24, 2.45) is 22.2 Å². The second-order valence-corrected chi connectivity index (χ2v) is 15.2. The molecule has 38 heavy (non-hydrogen) atoms. The fourth-order valence-electron chi connectivity index (χ4n) is 7.88. The number of nitrogens with one attached hydrogen (secondary N) is 2. The zero-order valence-corrected chi connectivity index (χ0v) is 24.1. The maximum Gasteiger partial charge on any atom is 0.410 e. The summed E-state index contributed by atoms with van der Waals surface area (Å²) in [7, 11) is -4.00. The summed E-state index contributed by atoms with van der Waals surface area (Å²) in [6.07, 6.45) is 6.56. The van der Waals surface area contributed by atoms with Gasteiger partial charge in [-0.2, -0.15) is 12.7 Å². The molecule has 5 fully saturated rings. The normalized spacial score (nSPS) is 35.0. The van der Waals surface area contributed by atoms with E-state index in [4.69, 9.17) is 4.74 Å². The molecule has 0 aromatic carbocycles. The highest BCUT2D eigenvalue weighted by molar-refractivity contribution is 7.87. The number of hydrogen-bond acceptors (Lipinski definition) is 6. The van der Waals surface area contributed by atoms with Gasteiger partial charge in [0, 0.05) is 31.0 Å². The number of carbonyl (C=O) groups excluding carboxylic acids is 3. The summed E-state index contributed by atoms with van der Waals surface area (Å²) in [5.41, 5.74) is -2.23. The molecule has 4 atom stereocenters. The first-order valence-electron chi connectivity index (χ1n) is 13.8. The smallest absolute Gasteiger partial charge is 0.410 e. The zero-order valence-electron chi connectivity index (χ0n) is 23.3. The summed E-state index contributed by atoms with van der Waals surface area (Å²) in [4.78, 5) is 42.1. The molecule has 0 radical (unpaired) electrons. The largest absolute Gasteiger partial charge is 0.444 e. The third-order valence-corrected chi connectivity index (χ3v) is 11.9. The van der Waals surface area contributed by atoms with E-state index in [1.165, 1.54) is 9.21 Å². The van der Waals surface area contributed by atoms with Crippen molar-refractivity contribution in [1.82, 2.24) is 19.2 Å². The second kappa shape index (κ2) is 8.43. The number of rotatable bonds is 6. The molecule has 2 aliphatic heterocycles. The number of nitrogens with zero attached hydrogens (tertiary/aromatic N) is 2. The molecule has 0 aromatic rings. The maximum atomic E-state index is 13.9. The first-order valence-corrected chi connectivity index (χ1v) is 15.3. The highest BCUT2D eigenvalue weighted by Crippen LogP contribution is 2.88. The van der Waals surface area contributed by atoms with E-state index in [1.807, 2.05) is 0 Å². The van der Waals surface area contributed by atoms with Gasteiger partial charge in [0.25, 0.3) is 5.91 Å². The van der Waals surface area contributed by atoms with Crippen molar-refractivity contribution in [3.05, 3.63) is 12.7 Å². The van der Waals surface area contributed by atoms with Crippen LogP contribution in [0.2, 0.25) is 0 Å². The molecule has 2 N–H and O–H groups in total. The zero-order chi connectivity index (χ0) is 27.9. The van der Waals surface area contributed by atoms with E-state index < -0.39 is 51.2 Å². The number of carbonyl (C=O) groups is 3. The molecule has 3 aliphatic carbocycles. The average Bonchev–Trinajstić information content (AvgIpc) is 3.27. The van der Waals surface area contributed by atoms with Crippen LogP contribution in [0.4, 0.5) is 4.79 Å². The first-order chi connectivity index (χ1) is 17.6. The highest BCUT2D eigenvalue weighted by Gasteiger charge is 2.85. The van der Waals surface area contributed by atoms with Crippen LogP contribution >= 0.6 is 0 Å². The number of likely N-dealkylation sites (tertiary alicyclic amines) is 1. The highest BCUT2D eigenvalue weighted by atomic mass is 32.2. The molecular weight excluding hydrogens is 508 g/mol. The van der Waals surface area contributed by atoms with E-state index in [-0.39, 0.29) is 22.7 Å². The molecular formula is C27H42N4O6S. The van der Waals surface area contributed by atoms with Crippen LogP contribution in [0.1, 0.15) is 79.6 Å². The van der Waals surface area contributed by atoms with Gasteiger partial charge in [0.05, 0.1) is 0 Å². The van der Waals surface area contributed by atoms with E-state index in [0.717, 1.165) is 32.1 Å². The summed E-state index contributed by atoms with van der Waals surface area (Å²) in [5, 5.41) is 2.87. The number of hydrogen-bond donors (Lipinski definition) is 2. The Morgan fingerprint density at radius 1 is 1.03 bits per heavy atom. The van der Waals surface area contributed by atoms with Crippen molar-refractivity contribution in [2.45, 2.75) is 96.7 Å². The fraction of sp³-hybridized carbons (Fsp3) is 0.815. The Bertz CT molecular complexity index is 1170. The lowest BCUT2D eigenvalue weighted by Gasteiger charge is -2.32. The maximum absolute atomic E-state index is 13.9. The molecule has 2 spiro atoms. The lowest BCUT2D eigenvalue weighted by atomic mass is 9.73. The molecule has 0 aromatic heterocycles. The molecule has 3 amide bonds. The van der Waals surface area contributed by atoms with Gasteiger partial charge >= 0.3 is 16.3 Å². The predicted octanol–water partition coefficient (Wildman–Crippen LogP) is 2.71.